The molecule has 4 heteroatoms. The molecular weight excluding hydrogens is 270 g/mol. The minimum absolute atomic E-state index is 0.602. The Morgan fingerprint density at radius 2 is 2.00 bits per heavy atom. The molecule has 1 aromatic carbocycles. The van der Waals surface area contributed by atoms with Crippen LogP contribution in [0.1, 0.15) is 11.3 Å². The van der Waals surface area contributed by atoms with Crippen LogP contribution in [-0.4, -0.2) is 25.1 Å². The van der Waals surface area contributed by atoms with E-state index in [9.17, 15) is 0 Å². The highest BCUT2D eigenvalue weighted by molar-refractivity contribution is 6.31. The van der Waals surface area contributed by atoms with Gasteiger partial charge in [-0.1, -0.05) is 23.7 Å². The lowest BCUT2D eigenvalue weighted by molar-refractivity contribution is 0.841. The van der Waals surface area contributed by atoms with E-state index in [1.54, 1.807) is 0 Å². The van der Waals surface area contributed by atoms with Gasteiger partial charge in [0.2, 0.25) is 0 Å². The molecule has 0 amide bonds. The lowest BCUT2D eigenvalue weighted by Gasteiger charge is -2.23. The number of hydrogen-bond donors (Lipinski definition) is 1. The number of aromatic nitrogens is 1. The molecule has 0 radical (unpaired) electrons. The molecule has 0 fully saturated rings. The van der Waals surface area contributed by atoms with Crippen LogP contribution in [0.25, 0.3) is 0 Å². The summed E-state index contributed by atoms with van der Waals surface area (Å²) in [5.74, 6) is 0. The first-order valence-electron chi connectivity index (χ1n) is 6.81. The van der Waals surface area contributed by atoms with Gasteiger partial charge in [-0.15, -0.1) is 0 Å². The van der Waals surface area contributed by atoms with E-state index in [4.69, 9.17) is 17.3 Å². The first kappa shape index (κ1) is 14.8. The molecule has 2 rings (SSSR count). The van der Waals surface area contributed by atoms with E-state index >= 15 is 0 Å². The highest BCUT2D eigenvalue weighted by Gasteiger charge is 2.10. The van der Waals surface area contributed by atoms with Gasteiger partial charge in [0, 0.05) is 42.6 Å². The Kier molecular flexibility index (Phi) is 5.39. The number of halogens is 1. The van der Waals surface area contributed by atoms with Crippen LogP contribution in [0.3, 0.4) is 0 Å². The maximum atomic E-state index is 6.27. The zero-order valence-corrected chi connectivity index (χ0v) is 12.5. The molecule has 3 nitrogen and oxygen atoms in total. The van der Waals surface area contributed by atoms with Crippen molar-refractivity contribution in [3.05, 3.63) is 58.9 Å². The summed E-state index contributed by atoms with van der Waals surface area (Å²) < 4.78 is 0. The number of nitrogens with two attached hydrogens (primary N) is 1. The molecule has 0 spiro atoms. The molecule has 0 saturated heterocycles. The highest BCUT2D eigenvalue weighted by atomic mass is 35.5. The van der Waals surface area contributed by atoms with Gasteiger partial charge in [0.25, 0.3) is 0 Å². The maximum absolute atomic E-state index is 6.27. The second-order valence-corrected chi connectivity index (χ2v) is 5.18. The molecule has 0 atom stereocenters. The van der Waals surface area contributed by atoms with Crippen molar-refractivity contribution < 1.29 is 0 Å². The number of anilines is 1. The van der Waals surface area contributed by atoms with Gasteiger partial charge >= 0.3 is 0 Å². The average molecular weight is 290 g/mol. The Morgan fingerprint density at radius 1 is 1.15 bits per heavy atom. The van der Waals surface area contributed by atoms with Crippen LogP contribution < -0.4 is 10.6 Å². The number of likely N-dealkylation sites (N-methyl/N-ethyl adjacent to an activating group) is 1. The third-order valence-electron chi connectivity index (χ3n) is 3.33. The first-order valence-corrected chi connectivity index (χ1v) is 7.18. The topological polar surface area (TPSA) is 42.2 Å². The van der Waals surface area contributed by atoms with Crippen molar-refractivity contribution in [1.82, 2.24) is 4.98 Å². The third-order valence-corrected chi connectivity index (χ3v) is 3.68. The fourth-order valence-corrected chi connectivity index (χ4v) is 2.51. The fourth-order valence-electron chi connectivity index (χ4n) is 2.25. The van der Waals surface area contributed by atoms with Crippen molar-refractivity contribution in [2.75, 3.05) is 25.0 Å². The Labute approximate surface area is 125 Å². The largest absolute Gasteiger partial charge is 0.374 e. The SMILES string of the molecule is CN(CCc1ccccn1)c1cccc(Cl)c1CCN. The number of pyridine rings is 1. The van der Waals surface area contributed by atoms with Crippen molar-refractivity contribution in [2.45, 2.75) is 12.8 Å². The quantitative estimate of drug-likeness (QED) is 0.889. The van der Waals surface area contributed by atoms with E-state index in [1.165, 1.54) is 0 Å². The van der Waals surface area contributed by atoms with Crippen molar-refractivity contribution in [2.24, 2.45) is 5.73 Å². The number of rotatable bonds is 6. The lowest BCUT2D eigenvalue weighted by atomic mass is 10.1. The second kappa shape index (κ2) is 7.27. The molecule has 2 N–H and O–H groups in total. The van der Waals surface area contributed by atoms with Gasteiger partial charge < -0.3 is 10.6 Å². The lowest BCUT2D eigenvalue weighted by Crippen LogP contribution is -2.22. The van der Waals surface area contributed by atoms with Crippen LogP contribution in [0, 0.1) is 0 Å². The van der Waals surface area contributed by atoms with Crippen molar-refractivity contribution in [3.63, 3.8) is 0 Å². The maximum Gasteiger partial charge on any atom is 0.0459 e. The van der Waals surface area contributed by atoms with Gasteiger partial charge in [-0.3, -0.25) is 4.98 Å². The molecule has 20 heavy (non-hydrogen) atoms. The van der Waals surface area contributed by atoms with E-state index in [2.05, 4.69) is 23.0 Å². The average Bonchev–Trinajstić information content (AvgIpc) is 2.48. The standard InChI is InChI=1S/C16H20ClN3/c1-20(12-9-13-5-2-3-11-19-13)16-7-4-6-15(17)14(16)8-10-18/h2-7,11H,8-10,12,18H2,1H3. The van der Waals surface area contributed by atoms with Crippen molar-refractivity contribution in [1.29, 1.82) is 0 Å². The van der Waals surface area contributed by atoms with Gasteiger partial charge in [0.15, 0.2) is 0 Å². The van der Waals surface area contributed by atoms with E-state index in [1.807, 2.05) is 36.5 Å². The van der Waals surface area contributed by atoms with E-state index in [-0.39, 0.29) is 0 Å². The molecule has 0 bridgehead atoms. The predicted octanol–water partition coefficient (Wildman–Crippen LogP) is 2.92. The number of nitrogens with zero attached hydrogens (tertiary/aromatic N) is 2. The number of benzene rings is 1. The second-order valence-electron chi connectivity index (χ2n) is 4.77. The van der Waals surface area contributed by atoms with Crippen molar-refractivity contribution >= 4 is 17.3 Å². The van der Waals surface area contributed by atoms with Gasteiger partial charge in [-0.2, -0.15) is 0 Å². The zero-order chi connectivity index (χ0) is 14.4. The van der Waals surface area contributed by atoms with Gasteiger partial charge in [-0.25, -0.2) is 0 Å². The number of hydrogen-bond acceptors (Lipinski definition) is 3. The highest BCUT2D eigenvalue weighted by Crippen LogP contribution is 2.27. The van der Waals surface area contributed by atoms with Crippen LogP contribution in [0.4, 0.5) is 5.69 Å². The molecule has 0 aliphatic carbocycles. The summed E-state index contributed by atoms with van der Waals surface area (Å²) in [5, 5.41) is 0.789. The molecule has 0 aliphatic rings. The summed E-state index contributed by atoms with van der Waals surface area (Å²) in [6.45, 7) is 1.50. The minimum Gasteiger partial charge on any atom is -0.374 e. The Bertz CT molecular complexity index is 543. The van der Waals surface area contributed by atoms with E-state index in [0.29, 0.717) is 6.54 Å². The first-order chi connectivity index (χ1) is 9.72. The minimum atomic E-state index is 0.602. The summed E-state index contributed by atoms with van der Waals surface area (Å²) in [5.41, 5.74) is 9.05. The van der Waals surface area contributed by atoms with Gasteiger partial charge in [0.05, 0.1) is 0 Å². The van der Waals surface area contributed by atoms with Crippen LogP contribution >= 0.6 is 11.6 Å². The van der Waals surface area contributed by atoms with Crippen LogP contribution in [0.5, 0.6) is 0 Å². The summed E-state index contributed by atoms with van der Waals surface area (Å²) in [7, 11) is 2.08. The molecule has 0 saturated carbocycles. The summed E-state index contributed by atoms with van der Waals surface area (Å²) >= 11 is 6.27. The fraction of sp³-hybridized carbons (Fsp3) is 0.312. The molecule has 0 aliphatic heterocycles. The van der Waals surface area contributed by atoms with Crippen LogP contribution in [0.2, 0.25) is 5.02 Å². The van der Waals surface area contributed by atoms with Gasteiger partial charge in [-0.05, 0) is 42.8 Å². The summed E-state index contributed by atoms with van der Waals surface area (Å²) in [4.78, 5) is 6.56. The third kappa shape index (κ3) is 3.71. The van der Waals surface area contributed by atoms with Crippen molar-refractivity contribution in [3.8, 4) is 0 Å². The summed E-state index contributed by atoms with van der Waals surface area (Å²) in [6.07, 6.45) is 3.53. The molecule has 1 aromatic heterocycles. The molecule has 2 aromatic rings. The smallest absolute Gasteiger partial charge is 0.0459 e. The van der Waals surface area contributed by atoms with Crippen LogP contribution in [-0.2, 0) is 12.8 Å². The Hall–Kier alpha value is -1.58. The van der Waals surface area contributed by atoms with E-state index in [0.717, 1.165) is 41.4 Å². The Balaban J connectivity index is 2.09. The normalized spacial score (nSPS) is 10.6. The summed E-state index contributed by atoms with van der Waals surface area (Å²) in [6, 6.07) is 12.0. The Morgan fingerprint density at radius 3 is 2.70 bits per heavy atom. The predicted molar refractivity (Wildman–Crippen MR) is 85.4 cm³/mol. The van der Waals surface area contributed by atoms with Gasteiger partial charge in [0.1, 0.15) is 0 Å². The molecule has 1 heterocycles. The molecule has 106 valence electrons. The molecular formula is C16H20ClN3. The zero-order valence-electron chi connectivity index (χ0n) is 11.7. The monoisotopic (exact) mass is 289 g/mol. The molecule has 0 unspecified atom stereocenters. The van der Waals surface area contributed by atoms with E-state index < -0.39 is 0 Å². The van der Waals surface area contributed by atoms with Crippen LogP contribution in [0.15, 0.2) is 42.6 Å².